The van der Waals surface area contributed by atoms with Gasteiger partial charge in [-0.3, -0.25) is 9.88 Å². The molecule has 2 aromatic rings. The van der Waals surface area contributed by atoms with Gasteiger partial charge in [0.1, 0.15) is 0 Å². The molecule has 5 heteroatoms. The van der Waals surface area contributed by atoms with Gasteiger partial charge in [-0.1, -0.05) is 6.07 Å². The molecule has 2 saturated heterocycles. The maximum atomic E-state index is 4.46. The SMILES string of the molecule is c1ccc(CN2CCC3(CCN(c4ncccn4)CC3)C2)nc1. The minimum absolute atomic E-state index is 0.486. The van der Waals surface area contributed by atoms with Gasteiger partial charge in [0, 0.05) is 44.8 Å². The third-order valence-corrected chi connectivity index (χ3v) is 5.29. The quantitative estimate of drug-likeness (QED) is 0.871. The van der Waals surface area contributed by atoms with Crippen LogP contribution < -0.4 is 4.90 Å². The van der Waals surface area contributed by atoms with Gasteiger partial charge in [0.15, 0.2) is 0 Å². The van der Waals surface area contributed by atoms with Crippen LogP contribution in [0.15, 0.2) is 42.9 Å². The fraction of sp³-hybridized carbons (Fsp3) is 0.500. The summed E-state index contributed by atoms with van der Waals surface area (Å²) in [5, 5.41) is 0. The van der Waals surface area contributed by atoms with Crippen molar-refractivity contribution in [3.8, 4) is 0 Å². The zero-order chi connectivity index (χ0) is 15.5. The third-order valence-electron chi connectivity index (χ3n) is 5.29. The summed E-state index contributed by atoms with van der Waals surface area (Å²) in [6.07, 6.45) is 9.34. The Morgan fingerprint density at radius 3 is 2.35 bits per heavy atom. The number of hydrogen-bond acceptors (Lipinski definition) is 5. The Hall–Kier alpha value is -2.01. The topological polar surface area (TPSA) is 45.2 Å². The Bertz CT molecular complexity index is 622. The van der Waals surface area contributed by atoms with Gasteiger partial charge in [-0.05, 0) is 49.4 Å². The summed E-state index contributed by atoms with van der Waals surface area (Å²) >= 11 is 0. The maximum absolute atomic E-state index is 4.46. The molecule has 0 radical (unpaired) electrons. The van der Waals surface area contributed by atoms with E-state index in [4.69, 9.17) is 0 Å². The second-order valence-corrected chi connectivity index (χ2v) is 6.82. The van der Waals surface area contributed by atoms with Gasteiger partial charge in [0.25, 0.3) is 0 Å². The number of rotatable bonds is 3. The molecule has 120 valence electrons. The van der Waals surface area contributed by atoms with Gasteiger partial charge in [-0.25, -0.2) is 9.97 Å². The molecular weight excluding hydrogens is 286 g/mol. The Balaban J connectivity index is 1.35. The third kappa shape index (κ3) is 3.20. The predicted molar refractivity (Wildman–Crippen MR) is 90.0 cm³/mol. The van der Waals surface area contributed by atoms with Gasteiger partial charge < -0.3 is 4.90 Å². The number of likely N-dealkylation sites (tertiary alicyclic amines) is 1. The van der Waals surface area contributed by atoms with Crippen LogP contribution in [0.2, 0.25) is 0 Å². The molecule has 0 saturated carbocycles. The number of pyridine rings is 1. The predicted octanol–water partition coefficient (Wildman–Crippen LogP) is 2.36. The molecule has 0 unspecified atom stereocenters. The molecule has 0 atom stereocenters. The van der Waals surface area contributed by atoms with Crippen molar-refractivity contribution in [1.82, 2.24) is 19.9 Å². The fourth-order valence-electron chi connectivity index (χ4n) is 3.93. The molecule has 4 heterocycles. The summed E-state index contributed by atoms with van der Waals surface area (Å²) in [7, 11) is 0. The van der Waals surface area contributed by atoms with Crippen molar-refractivity contribution in [3.63, 3.8) is 0 Å². The monoisotopic (exact) mass is 309 g/mol. The first-order valence-electron chi connectivity index (χ1n) is 8.47. The summed E-state index contributed by atoms with van der Waals surface area (Å²) in [6.45, 7) is 5.52. The van der Waals surface area contributed by atoms with Gasteiger partial charge >= 0.3 is 0 Å². The summed E-state index contributed by atoms with van der Waals surface area (Å²) in [4.78, 5) is 18.1. The van der Waals surface area contributed by atoms with E-state index in [1.54, 1.807) is 0 Å². The van der Waals surface area contributed by atoms with E-state index in [9.17, 15) is 0 Å². The van der Waals surface area contributed by atoms with E-state index in [1.165, 1.54) is 38.0 Å². The Labute approximate surface area is 137 Å². The van der Waals surface area contributed by atoms with E-state index in [2.05, 4.69) is 36.9 Å². The van der Waals surface area contributed by atoms with E-state index >= 15 is 0 Å². The maximum Gasteiger partial charge on any atom is 0.225 e. The number of nitrogens with zero attached hydrogens (tertiary/aromatic N) is 5. The first-order valence-corrected chi connectivity index (χ1v) is 8.47. The minimum Gasteiger partial charge on any atom is -0.341 e. The van der Waals surface area contributed by atoms with Crippen LogP contribution in [0.3, 0.4) is 0 Å². The summed E-state index contributed by atoms with van der Waals surface area (Å²) < 4.78 is 0. The summed E-state index contributed by atoms with van der Waals surface area (Å²) in [6, 6.07) is 8.06. The van der Waals surface area contributed by atoms with Crippen LogP contribution in [-0.2, 0) is 6.54 Å². The highest BCUT2D eigenvalue weighted by atomic mass is 15.3. The first-order chi connectivity index (χ1) is 11.3. The van der Waals surface area contributed by atoms with E-state index in [-0.39, 0.29) is 0 Å². The second kappa shape index (κ2) is 6.24. The normalized spacial score (nSPS) is 21.0. The van der Waals surface area contributed by atoms with Crippen LogP contribution in [0.4, 0.5) is 5.95 Å². The zero-order valence-electron chi connectivity index (χ0n) is 13.4. The van der Waals surface area contributed by atoms with Crippen LogP contribution >= 0.6 is 0 Å². The van der Waals surface area contributed by atoms with E-state index in [1.807, 2.05) is 30.7 Å². The molecule has 1 spiro atoms. The first kappa shape index (κ1) is 14.6. The van der Waals surface area contributed by atoms with Crippen molar-refractivity contribution in [2.45, 2.75) is 25.8 Å². The van der Waals surface area contributed by atoms with Crippen molar-refractivity contribution in [1.29, 1.82) is 0 Å². The number of aromatic nitrogens is 3. The van der Waals surface area contributed by atoms with Crippen LogP contribution in [0.1, 0.15) is 25.0 Å². The molecule has 2 aliphatic rings. The van der Waals surface area contributed by atoms with Crippen molar-refractivity contribution in [3.05, 3.63) is 48.5 Å². The molecule has 0 amide bonds. The number of piperidine rings is 1. The average Bonchev–Trinajstić information content (AvgIpc) is 2.99. The molecule has 0 aliphatic carbocycles. The highest BCUT2D eigenvalue weighted by Crippen LogP contribution is 2.41. The molecule has 4 rings (SSSR count). The Morgan fingerprint density at radius 1 is 0.870 bits per heavy atom. The van der Waals surface area contributed by atoms with Gasteiger partial charge in [0.2, 0.25) is 5.95 Å². The van der Waals surface area contributed by atoms with Crippen LogP contribution in [0.25, 0.3) is 0 Å². The average molecular weight is 309 g/mol. The zero-order valence-corrected chi connectivity index (χ0v) is 13.4. The Kier molecular flexibility index (Phi) is 3.95. The minimum atomic E-state index is 0.486. The van der Waals surface area contributed by atoms with E-state index in [0.717, 1.165) is 25.6 Å². The number of hydrogen-bond donors (Lipinski definition) is 0. The van der Waals surface area contributed by atoms with Crippen LogP contribution in [-0.4, -0.2) is 46.0 Å². The molecule has 2 aromatic heterocycles. The standard InChI is InChI=1S/C18H23N5/c1-2-8-19-16(4-1)14-22-11-5-18(15-22)6-12-23(13-7-18)17-20-9-3-10-21-17/h1-4,8-10H,5-7,11-15H2. The largest absolute Gasteiger partial charge is 0.341 e. The van der Waals surface area contributed by atoms with Crippen LogP contribution in [0, 0.1) is 5.41 Å². The summed E-state index contributed by atoms with van der Waals surface area (Å²) in [5.41, 5.74) is 1.67. The molecule has 0 N–H and O–H groups in total. The molecule has 23 heavy (non-hydrogen) atoms. The highest BCUT2D eigenvalue weighted by molar-refractivity contribution is 5.29. The summed E-state index contributed by atoms with van der Waals surface area (Å²) in [5.74, 6) is 0.880. The van der Waals surface area contributed by atoms with Gasteiger partial charge in [0.05, 0.1) is 5.69 Å². The molecule has 0 bridgehead atoms. The Morgan fingerprint density at radius 2 is 1.61 bits per heavy atom. The molecule has 2 aliphatic heterocycles. The lowest BCUT2D eigenvalue weighted by atomic mass is 9.78. The van der Waals surface area contributed by atoms with Crippen LogP contribution in [0.5, 0.6) is 0 Å². The fourth-order valence-corrected chi connectivity index (χ4v) is 3.93. The van der Waals surface area contributed by atoms with E-state index in [0.29, 0.717) is 5.41 Å². The number of anilines is 1. The smallest absolute Gasteiger partial charge is 0.225 e. The lowest BCUT2D eigenvalue weighted by Gasteiger charge is -2.39. The van der Waals surface area contributed by atoms with Gasteiger partial charge in [-0.2, -0.15) is 0 Å². The van der Waals surface area contributed by atoms with Crippen molar-refractivity contribution in [2.24, 2.45) is 5.41 Å². The lowest BCUT2D eigenvalue weighted by molar-refractivity contribution is 0.204. The highest BCUT2D eigenvalue weighted by Gasteiger charge is 2.40. The van der Waals surface area contributed by atoms with Gasteiger partial charge in [-0.15, -0.1) is 0 Å². The molecule has 2 fully saturated rings. The second-order valence-electron chi connectivity index (χ2n) is 6.82. The molecular formula is C18H23N5. The molecule has 0 aromatic carbocycles. The molecule has 5 nitrogen and oxygen atoms in total. The van der Waals surface area contributed by atoms with E-state index < -0.39 is 0 Å². The van der Waals surface area contributed by atoms with Crippen molar-refractivity contribution in [2.75, 3.05) is 31.1 Å². The van der Waals surface area contributed by atoms with Crippen molar-refractivity contribution < 1.29 is 0 Å². The van der Waals surface area contributed by atoms with Crippen molar-refractivity contribution >= 4 is 5.95 Å². The lowest BCUT2D eigenvalue weighted by Crippen LogP contribution is -2.42.